The Morgan fingerprint density at radius 3 is 2.92 bits per heavy atom. The fraction of sp³-hybridized carbons (Fsp3) is 0.400. The predicted molar refractivity (Wildman–Crippen MR) is 87.9 cm³/mol. The van der Waals surface area contributed by atoms with Gasteiger partial charge in [-0.2, -0.15) is 9.61 Å². The van der Waals surface area contributed by atoms with Gasteiger partial charge in [0.1, 0.15) is 10.8 Å². The Bertz CT molecular complexity index is 924. The molecule has 2 atom stereocenters. The number of fused-ring (bicyclic) bond motifs is 1. The zero-order chi connectivity index (χ0) is 18.3. The number of halogens is 3. The van der Waals surface area contributed by atoms with E-state index in [1.165, 1.54) is 29.5 Å². The number of alkyl halides is 3. The van der Waals surface area contributed by atoms with Crippen LogP contribution in [0, 0.1) is 0 Å². The Morgan fingerprint density at radius 1 is 1.35 bits per heavy atom. The number of ether oxygens (including phenoxy) is 1. The van der Waals surface area contributed by atoms with E-state index < -0.39 is 6.36 Å². The van der Waals surface area contributed by atoms with Crippen molar-refractivity contribution < 1.29 is 17.9 Å². The molecule has 0 radical (unpaired) electrons. The topological polar surface area (TPSA) is 76.4 Å². The van der Waals surface area contributed by atoms with E-state index in [1.54, 1.807) is 10.6 Å². The van der Waals surface area contributed by atoms with E-state index in [1.807, 2.05) is 0 Å². The average Bonchev–Trinajstić information content (AvgIpc) is 3.23. The number of aromatic nitrogens is 4. The monoisotopic (exact) mass is 384 g/mol. The number of hydrazine groups is 1. The number of benzene rings is 1. The summed E-state index contributed by atoms with van der Waals surface area (Å²) in [5.74, 6) is 0.544. The third-order valence-electron chi connectivity index (χ3n) is 4.14. The van der Waals surface area contributed by atoms with Crippen molar-refractivity contribution in [3.8, 4) is 5.75 Å². The van der Waals surface area contributed by atoms with E-state index >= 15 is 0 Å². The zero-order valence-corrected chi connectivity index (χ0v) is 14.4. The molecule has 2 unspecified atom stereocenters. The molecular formula is C15H15F3N6OS. The Kier molecular flexibility index (Phi) is 4.29. The highest BCUT2D eigenvalue weighted by atomic mass is 32.1. The first-order valence-electron chi connectivity index (χ1n) is 7.93. The van der Waals surface area contributed by atoms with Gasteiger partial charge in [0.15, 0.2) is 5.82 Å². The van der Waals surface area contributed by atoms with Gasteiger partial charge in [-0.05, 0) is 24.6 Å². The quantitative estimate of drug-likeness (QED) is 0.719. The van der Waals surface area contributed by atoms with Crippen LogP contribution in [0.15, 0.2) is 24.3 Å². The summed E-state index contributed by atoms with van der Waals surface area (Å²) in [5, 5.41) is 13.8. The van der Waals surface area contributed by atoms with Crippen molar-refractivity contribution >= 4 is 16.3 Å². The summed E-state index contributed by atoms with van der Waals surface area (Å²) in [6.45, 7) is 2.84. The van der Waals surface area contributed by atoms with Crippen LogP contribution < -0.4 is 15.6 Å². The van der Waals surface area contributed by atoms with Crippen LogP contribution >= 0.6 is 11.3 Å². The van der Waals surface area contributed by atoms with Crippen molar-refractivity contribution in [3.63, 3.8) is 0 Å². The summed E-state index contributed by atoms with van der Waals surface area (Å²) >= 11 is 1.47. The lowest BCUT2D eigenvalue weighted by Gasteiger charge is -2.09. The van der Waals surface area contributed by atoms with Gasteiger partial charge in [-0.15, -0.1) is 23.4 Å². The second-order valence-electron chi connectivity index (χ2n) is 6.04. The molecule has 2 N–H and O–H groups in total. The molecule has 7 nitrogen and oxygen atoms in total. The van der Waals surface area contributed by atoms with Crippen molar-refractivity contribution in [2.45, 2.75) is 31.7 Å². The number of nitrogens with zero attached hydrogens (tertiary/aromatic N) is 4. The van der Waals surface area contributed by atoms with E-state index in [9.17, 15) is 13.2 Å². The molecule has 2 aromatic heterocycles. The minimum absolute atomic E-state index is 0.234. The van der Waals surface area contributed by atoms with Gasteiger partial charge in [0, 0.05) is 24.9 Å². The molecule has 0 aliphatic carbocycles. The SMILES string of the molecule is CC1NNCC1c1nn2c(Cc3cccc(OC(F)(F)F)c3)nnc2s1. The van der Waals surface area contributed by atoms with Gasteiger partial charge in [-0.3, -0.25) is 10.9 Å². The first kappa shape index (κ1) is 17.2. The molecule has 1 saturated heterocycles. The molecule has 11 heteroatoms. The van der Waals surface area contributed by atoms with Gasteiger partial charge < -0.3 is 4.74 Å². The van der Waals surface area contributed by atoms with Crippen molar-refractivity contribution in [3.05, 3.63) is 40.7 Å². The maximum absolute atomic E-state index is 12.4. The lowest BCUT2D eigenvalue weighted by molar-refractivity contribution is -0.274. The van der Waals surface area contributed by atoms with E-state index in [-0.39, 0.29) is 17.7 Å². The Morgan fingerprint density at radius 2 is 2.19 bits per heavy atom. The highest BCUT2D eigenvalue weighted by Gasteiger charge is 2.31. The van der Waals surface area contributed by atoms with Gasteiger partial charge in [0.2, 0.25) is 4.96 Å². The van der Waals surface area contributed by atoms with E-state index in [4.69, 9.17) is 0 Å². The van der Waals surface area contributed by atoms with Crippen LogP contribution in [0.5, 0.6) is 5.75 Å². The third-order valence-corrected chi connectivity index (χ3v) is 5.17. The molecule has 0 bridgehead atoms. The van der Waals surface area contributed by atoms with Crippen LogP contribution in [0.25, 0.3) is 4.96 Å². The summed E-state index contributed by atoms with van der Waals surface area (Å²) in [7, 11) is 0. The van der Waals surface area contributed by atoms with Crippen LogP contribution in [0.2, 0.25) is 0 Å². The summed E-state index contributed by atoms with van der Waals surface area (Å²) in [4.78, 5) is 0.664. The minimum Gasteiger partial charge on any atom is -0.406 e. The summed E-state index contributed by atoms with van der Waals surface area (Å²) < 4.78 is 42.7. The van der Waals surface area contributed by atoms with Crippen LogP contribution in [-0.4, -0.2) is 38.8 Å². The smallest absolute Gasteiger partial charge is 0.406 e. The number of rotatable bonds is 4. The van der Waals surface area contributed by atoms with Crippen molar-refractivity contribution in [1.82, 2.24) is 30.7 Å². The molecule has 1 aliphatic rings. The van der Waals surface area contributed by atoms with Crippen LogP contribution in [0.4, 0.5) is 13.2 Å². The lowest BCUT2D eigenvalue weighted by Crippen LogP contribution is -2.28. The number of hydrogen-bond acceptors (Lipinski definition) is 7. The molecular weight excluding hydrogens is 369 g/mol. The molecule has 26 heavy (non-hydrogen) atoms. The molecule has 3 aromatic rings. The minimum atomic E-state index is -4.72. The van der Waals surface area contributed by atoms with Crippen LogP contribution in [-0.2, 0) is 6.42 Å². The largest absolute Gasteiger partial charge is 0.573 e. The Balaban J connectivity index is 1.58. The molecule has 1 aliphatic heterocycles. The molecule has 0 saturated carbocycles. The van der Waals surface area contributed by atoms with Gasteiger partial charge in [-0.25, -0.2) is 0 Å². The highest BCUT2D eigenvalue weighted by Crippen LogP contribution is 2.28. The van der Waals surface area contributed by atoms with Gasteiger partial charge in [-0.1, -0.05) is 23.5 Å². The molecule has 1 aromatic carbocycles. The van der Waals surface area contributed by atoms with Crippen molar-refractivity contribution in [2.75, 3.05) is 6.54 Å². The maximum atomic E-state index is 12.4. The average molecular weight is 384 g/mol. The molecule has 3 heterocycles. The third kappa shape index (κ3) is 3.50. The first-order chi connectivity index (χ1) is 12.4. The Hall–Kier alpha value is -2.24. The molecule has 1 fully saturated rings. The van der Waals surface area contributed by atoms with Gasteiger partial charge in [0.05, 0.1) is 0 Å². The van der Waals surface area contributed by atoms with E-state index in [0.29, 0.717) is 22.8 Å². The van der Waals surface area contributed by atoms with Gasteiger partial charge in [0.25, 0.3) is 0 Å². The van der Waals surface area contributed by atoms with Crippen LogP contribution in [0.3, 0.4) is 0 Å². The van der Waals surface area contributed by atoms with E-state index in [2.05, 4.69) is 37.8 Å². The summed E-state index contributed by atoms with van der Waals surface area (Å²) in [6.07, 6.45) is -4.42. The van der Waals surface area contributed by atoms with E-state index in [0.717, 1.165) is 11.6 Å². The first-order valence-corrected chi connectivity index (χ1v) is 8.75. The normalized spacial score (nSPS) is 20.8. The Labute approximate surface area is 150 Å². The predicted octanol–water partition coefficient (Wildman–Crippen LogP) is 2.26. The lowest BCUT2D eigenvalue weighted by atomic mass is 10.1. The second-order valence-corrected chi connectivity index (χ2v) is 7.03. The highest BCUT2D eigenvalue weighted by molar-refractivity contribution is 7.16. The fourth-order valence-corrected chi connectivity index (χ4v) is 3.94. The fourth-order valence-electron chi connectivity index (χ4n) is 2.88. The van der Waals surface area contributed by atoms with Gasteiger partial charge >= 0.3 is 6.36 Å². The van der Waals surface area contributed by atoms with Crippen molar-refractivity contribution in [1.29, 1.82) is 0 Å². The molecule has 4 rings (SSSR count). The van der Waals surface area contributed by atoms with Crippen molar-refractivity contribution in [2.24, 2.45) is 0 Å². The number of nitrogens with one attached hydrogen (secondary N) is 2. The number of hydrogen-bond donors (Lipinski definition) is 2. The molecule has 0 amide bonds. The van der Waals surface area contributed by atoms with Crippen LogP contribution in [0.1, 0.15) is 29.2 Å². The molecule has 138 valence electrons. The zero-order valence-electron chi connectivity index (χ0n) is 13.6. The summed E-state index contributed by atoms with van der Waals surface area (Å²) in [6, 6.07) is 6.08. The molecule has 0 spiro atoms. The summed E-state index contributed by atoms with van der Waals surface area (Å²) in [5.41, 5.74) is 6.88. The maximum Gasteiger partial charge on any atom is 0.573 e. The second kappa shape index (κ2) is 6.49. The standard InChI is InChI=1S/C15H15F3N6OS/c1-8-11(7-19-20-8)13-23-24-12(21-22-14(24)26-13)6-9-3-2-4-10(5-9)25-15(16,17)18/h2-5,8,11,19-20H,6-7H2,1H3.